The van der Waals surface area contributed by atoms with Crippen molar-refractivity contribution in [2.75, 3.05) is 20.3 Å². The highest BCUT2D eigenvalue weighted by Crippen LogP contribution is 2.46. The van der Waals surface area contributed by atoms with Gasteiger partial charge in [0.2, 0.25) is 5.75 Å². The van der Waals surface area contributed by atoms with Gasteiger partial charge in [-0.15, -0.1) is 0 Å². The van der Waals surface area contributed by atoms with Crippen LogP contribution in [-0.2, 0) is 6.42 Å². The van der Waals surface area contributed by atoms with E-state index in [2.05, 4.69) is 6.07 Å². The van der Waals surface area contributed by atoms with Gasteiger partial charge < -0.3 is 14.2 Å². The normalized spacial score (nSPS) is 15.6. The second kappa shape index (κ2) is 5.05. The highest BCUT2D eigenvalue weighted by atomic mass is 16.6. The van der Waals surface area contributed by atoms with Crippen molar-refractivity contribution in [3.05, 3.63) is 41.5 Å². The lowest BCUT2D eigenvalue weighted by Gasteiger charge is -2.23. The molecule has 0 spiro atoms. The van der Waals surface area contributed by atoms with Crippen LogP contribution in [0.15, 0.2) is 30.3 Å². The van der Waals surface area contributed by atoms with Crippen LogP contribution >= 0.6 is 0 Å². The fourth-order valence-corrected chi connectivity index (χ4v) is 3.12. The molecule has 112 valence electrons. The van der Waals surface area contributed by atoms with Crippen LogP contribution in [0.4, 0.5) is 0 Å². The highest BCUT2D eigenvalue weighted by molar-refractivity contribution is 6.01. The van der Waals surface area contributed by atoms with Crippen LogP contribution in [0, 0.1) is 0 Å². The van der Waals surface area contributed by atoms with Gasteiger partial charge in [-0.1, -0.05) is 18.2 Å². The molecule has 0 radical (unpaired) electrons. The van der Waals surface area contributed by atoms with Crippen LogP contribution in [0.2, 0.25) is 0 Å². The van der Waals surface area contributed by atoms with Gasteiger partial charge in [0, 0.05) is 17.5 Å². The van der Waals surface area contributed by atoms with E-state index < -0.39 is 0 Å². The zero-order valence-electron chi connectivity index (χ0n) is 12.3. The van der Waals surface area contributed by atoms with Gasteiger partial charge in [-0.25, -0.2) is 0 Å². The minimum atomic E-state index is 0.234. The average molecular weight is 296 g/mol. The number of ketones is 1. The third kappa shape index (κ3) is 1.95. The first-order valence-corrected chi connectivity index (χ1v) is 7.41. The van der Waals surface area contributed by atoms with Gasteiger partial charge in [0.15, 0.2) is 17.3 Å². The van der Waals surface area contributed by atoms with Crippen molar-refractivity contribution in [2.45, 2.75) is 12.8 Å². The van der Waals surface area contributed by atoms with Crippen molar-refractivity contribution in [1.29, 1.82) is 0 Å². The molecule has 2 aromatic rings. The monoisotopic (exact) mass is 296 g/mol. The maximum absolute atomic E-state index is 11.8. The number of Topliss-reactive ketones (excluding diaryl/α,β-unsaturated/α-hetero) is 1. The van der Waals surface area contributed by atoms with Gasteiger partial charge in [-0.3, -0.25) is 4.79 Å². The molecule has 0 N–H and O–H groups in total. The summed E-state index contributed by atoms with van der Waals surface area (Å²) in [5, 5.41) is 0. The Bertz CT molecular complexity index is 764. The van der Waals surface area contributed by atoms with E-state index >= 15 is 0 Å². The number of hydrogen-bond donors (Lipinski definition) is 0. The first-order chi connectivity index (χ1) is 10.8. The van der Waals surface area contributed by atoms with Crippen molar-refractivity contribution in [3.63, 3.8) is 0 Å². The summed E-state index contributed by atoms with van der Waals surface area (Å²) in [6, 6.07) is 9.84. The molecule has 1 aliphatic heterocycles. The lowest BCUT2D eigenvalue weighted by molar-refractivity contribution is 0.0994. The van der Waals surface area contributed by atoms with Crippen molar-refractivity contribution < 1.29 is 19.0 Å². The zero-order valence-corrected chi connectivity index (χ0v) is 12.3. The molecule has 4 heteroatoms. The summed E-state index contributed by atoms with van der Waals surface area (Å²) in [7, 11) is 1.62. The SMILES string of the molecule is COc1ccc(-c2ccc3c(c2)CCC3=O)c2c1OCCO2. The van der Waals surface area contributed by atoms with E-state index in [0.717, 1.165) is 34.4 Å². The maximum Gasteiger partial charge on any atom is 0.204 e. The molecule has 0 saturated carbocycles. The molecule has 4 nitrogen and oxygen atoms in total. The van der Waals surface area contributed by atoms with E-state index in [4.69, 9.17) is 14.2 Å². The Morgan fingerprint density at radius 2 is 1.73 bits per heavy atom. The number of ether oxygens (including phenoxy) is 3. The number of fused-ring (bicyclic) bond motifs is 2. The number of aryl methyl sites for hydroxylation is 1. The second-order valence-electron chi connectivity index (χ2n) is 5.47. The molecule has 0 aromatic heterocycles. The van der Waals surface area contributed by atoms with Gasteiger partial charge in [-0.2, -0.15) is 0 Å². The first-order valence-electron chi connectivity index (χ1n) is 7.41. The molecular weight excluding hydrogens is 280 g/mol. The fraction of sp³-hybridized carbons (Fsp3) is 0.278. The lowest BCUT2D eigenvalue weighted by Crippen LogP contribution is -2.16. The average Bonchev–Trinajstić information content (AvgIpc) is 2.94. The minimum Gasteiger partial charge on any atom is -0.493 e. The van der Waals surface area contributed by atoms with E-state index in [-0.39, 0.29) is 5.78 Å². The molecule has 0 saturated heterocycles. The van der Waals surface area contributed by atoms with Crippen molar-refractivity contribution in [1.82, 2.24) is 0 Å². The Balaban J connectivity index is 1.85. The minimum absolute atomic E-state index is 0.234. The molecule has 2 aromatic carbocycles. The smallest absolute Gasteiger partial charge is 0.204 e. The van der Waals surface area contributed by atoms with Crippen LogP contribution in [-0.4, -0.2) is 26.1 Å². The molecule has 0 bridgehead atoms. The van der Waals surface area contributed by atoms with Crippen LogP contribution in [0.5, 0.6) is 17.2 Å². The van der Waals surface area contributed by atoms with E-state index in [1.807, 2.05) is 24.3 Å². The predicted molar refractivity (Wildman–Crippen MR) is 82.1 cm³/mol. The Labute approximate surface area is 128 Å². The van der Waals surface area contributed by atoms with Crippen LogP contribution in [0.3, 0.4) is 0 Å². The quantitative estimate of drug-likeness (QED) is 0.853. The number of carbonyl (C=O) groups excluding carboxylic acids is 1. The standard InChI is InChI=1S/C18H16O4/c1-20-16-7-5-14(17-18(16)22-9-8-21-17)12-2-4-13-11(10-12)3-6-15(13)19/h2,4-5,7,10H,3,6,8-9H2,1H3. The molecule has 22 heavy (non-hydrogen) atoms. The van der Waals surface area contributed by atoms with Crippen LogP contribution in [0.25, 0.3) is 11.1 Å². The highest BCUT2D eigenvalue weighted by Gasteiger charge is 2.24. The lowest BCUT2D eigenvalue weighted by atomic mass is 9.99. The fourth-order valence-electron chi connectivity index (χ4n) is 3.12. The topological polar surface area (TPSA) is 44.8 Å². The van der Waals surface area contributed by atoms with Gasteiger partial charge >= 0.3 is 0 Å². The molecule has 4 rings (SSSR count). The maximum atomic E-state index is 11.8. The number of carbonyl (C=O) groups is 1. The van der Waals surface area contributed by atoms with E-state index in [9.17, 15) is 4.79 Å². The van der Waals surface area contributed by atoms with E-state index in [1.54, 1.807) is 7.11 Å². The van der Waals surface area contributed by atoms with Gasteiger partial charge in [0.05, 0.1) is 7.11 Å². The molecule has 1 aliphatic carbocycles. The van der Waals surface area contributed by atoms with Crippen molar-refractivity contribution >= 4 is 5.78 Å². The molecule has 1 heterocycles. The second-order valence-corrected chi connectivity index (χ2v) is 5.47. The molecule has 0 fully saturated rings. The summed E-state index contributed by atoms with van der Waals surface area (Å²) in [6.07, 6.45) is 1.43. The Kier molecular flexibility index (Phi) is 3.03. The largest absolute Gasteiger partial charge is 0.493 e. The molecule has 2 aliphatic rings. The number of methoxy groups -OCH3 is 1. The third-order valence-corrected chi connectivity index (χ3v) is 4.21. The van der Waals surface area contributed by atoms with E-state index in [0.29, 0.717) is 31.1 Å². The number of rotatable bonds is 2. The number of hydrogen-bond acceptors (Lipinski definition) is 4. The van der Waals surface area contributed by atoms with Crippen LogP contribution < -0.4 is 14.2 Å². The summed E-state index contributed by atoms with van der Waals surface area (Å²) < 4.78 is 16.9. The molecule has 0 amide bonds. The zero-order chi connectivity index (χ0) is 15.1. The number of benzene rings is 2. The van der Waals surface area contributed by atoms with Crippen molar-refractivity contribution in [3.8, 4) is 28.4 Å². The van der Waals surface area contributed by atoms with E-state index in [1.165, 1.54) is 0 Å². The Hall–Kier alpha value is -2.49. The third-order valence-electron chi connectivity index (χ3n) is 4.21. The Morgan fingerprint density at radius 1 is 0.955 bits per heavy atom. The summed E-state index contributed by atoms with van der Waals surface area (Å²) >= 11 is 0. The Morgan fingerprint density at radius 3 is 2.55 bits per heavy atom. The summed E-state index contributed by atoms with van der Waals surface area (Å²) in [5.74, 6) is 2.28. The molecular formula is C18H16O4. The van der Waals surface area contributed by atoms with Crippen LogP contribution in [0.1, 0.15) is 22.3 Å². The molecule has 0 atom stereocenters. The molecule has 0 unspecified atom stereocenters. The van der Waals surface area contributed by atoms with Crippen molar-refractivity contribution in [2.24, 2.45) is 0 Å². The summed E-state index contributed by atoms with van der Waals surface area (Å²) in [4.78, 5) is 11.8. The van der Waals surface area contributed by atoms with Gasteiger partial charge in [-0.05, 0) is 29.7 Å². The summed E-state index contributed by atoms with van der Waals surface area (Å²) in [6.45, 7) is 1.04. The predicted octanol–water partition coefficient (Wildman–Crippen LogP) is 3.26. The summed E-state index contributed by atoms with van der Waals surface area (Å²) in [5.41, 5.74) is 3.97. The van der Waals surface area contributed by atoms with Gasteiger partial charge in [0.25, 0.3) is 0 Å². The first kappa shape index (κ1) is 13.2. The van der Waals surface area contributed by atoms with Gasteiger partial charge in [0.1, 0.15) is 13.2 Å².